The number of thioether (sulfide) groups is 1. The van der Waals surface area contributed by atoms with Crippen molar-refractivity contribution >= 4 is 50.9 Å². The fraction of sp³-hybridized carbons (Fsp3) is 0.421. The number of hydrogen-bond donors (Lipinski definition) is 0. The van der Waals surface area contributed by atoms with E-state index >= 15 is 0 Å². The molecular weight excluding hydrogens is 434 g/mol. The summed E-state index contributed by atoms with van der Waals surface area (Å²) in [6.07, 6.45) is 2.61. The molecule has 1 aromatic carbocycles. The molecule has 0 aliphatic carbocycles. The topological polar surface area (TPSA) is 72.9 Å². The molecule has 1 aliphatic heterocycles. The van der Waals surface area contributed by atoms with Crippen LogP contribution in [-0.4, -0.2) is 40.8 Å². The summed E-state index contributed by atoms with van der Waals surface area (Å²) in [4.78, 5) is 37.8. The van der Waals surface area contributed by atoms with Crippen molar-refractivity contribution in [1.82, 2.24) is 4.90 Å². The Balaban J connectivity index is 2.20. The summed E-state index contributed by atoms with van der Waals surface area (Å²) >= 11 is 4.28. The van der Waals surface area contributed by atoms with Gasteiger partial charge in [0.15, 0.2) is 0 Å². The van der Waals surface area contributed by atoms with Gasteiger partial charge in [0.1, 0.15) is 11.8 Å². The molecule has 8 heteroatoms. The Morgan fingerprint density at radius 1 is 1.30 bits per heavy atom. The first-order chi connectivity index (χ1) is 12.8. The predicted octanol–water partition coefficient (Wildman–Crippen LogP) is 4.61. The van der Waals surface area contributed by atoms with E-state index in [9.17, 15) is 14.4 Å². The molecule has 2 atom stereocenters. The minimum absolute atomic E-state index is 0.0908. The van der Waals surface area contributed by atoms with Crippen LogP contribution in [0.1, 0.15) is 39.7 Å². The molecule has 0 bridgehead atoms. The van der Waals surface area contributed by atoms with Crippen LogP contribution in [0.2, 0.25) is 0 Å². The molecule has 0 N–H and O–H groups in total. The smallest absolute Gasteiger partial charge is 0.329 e. The van der Waals surface area contributed by atoms with Crippen molar-refractivity contribution in [3.05, 3.63) is 33.1 Å². The molecule has 0 aromatic heterocycles. The Bertz CT molecular complexity index is 779. The summed E-state index contributed by atoms with van der Waals surface area (Å²) in [6, 6.07) is 4.49. The molecule has 1 aromatic rings. The van der Waals surface area contributed by atoms with Crippen LogP contribution < -0.4 is 4.74 Å². The van der Waals surface area contributed by atoms with Gasteiger partial charge < -0.3 is 9.47 Å². The van der Waals surface area contributed by atoms with E-state index < -0.39 is 23.2 Å². The summed E-state index contributed by atoms with van der Waals surface area (Å²) in [6.45, 7) is 7.37. The molecule has 0 unspecified atom stereocenters. The van der Waals surface area contributed by atoms with Crippen molar-refractivity contribution in [2.24, 2.45) is 0 Å². The summed E-state index contributed by atoms with van der Waals surface area (Å²) in [7, 11) is 0. The number of carbonyl (C=O) groups excluding carboxylic acids is 3. The van der Waals surface area contributed by atoms with E-state index in [-0.39, 0.29) is 17.6 Å². The standard InChI is InChI=1S/C19H22BrNO5S/c1-5-11(3)26-15-8-7-13(9-14(15)20)10-16-17(22)21(19(24)27-16)12(4)18(23)25-6-2/h7-12H,5-6H2,1-4H3/b16-10+/t11-,12-/m0/s1. The average Bonchev–Trinajstić information content (AvgIpc) is 2.90. The van der Waals surface area contributed by atoms with Gasteiger partial charge in [-0.25, -0.2) is 4.79 Å². The first-order valence-electron chi connectivity index (χ1n) is 8.68. The quantitative estimate of drug-likeness (QED) is 0.441. The number of halogens is 1. The van der Waals surface area contributed by atoms with Gasteiger partial charge in [-0.05, 0) is 78.7 Å². The Morgan fingerprint density at radius 2 is 2.00 bits per heavy atom. The largest absolute Gasteiger partial charge is 0.490 e. The first kappa shape index (κ1) is 21.5. The van der Waals surface area contributed by atoms with Crippen molar-refractivity contribution < 1.29 is 23.9 Å². The lowest BCUT2D eigenvalue weighted by Gasteiger charge is -2.19. The number of rotatable bonds is 7. The third-order valence-corrected chi connectivity index (χ3v) is 5.50. The van der Waals surface area contributed by atoms with Gasteiger partial charge in [0.05, 0.1) is 22.1 Å². The monoisotopic (exact) mass is 455 g/mol. The van der Waals surface area contributed by atoms with Crippen molar-refractivity contribution in [2.75, 3.05) is 6.61 Å². The summed E-state index contributed by atoms with van der Waals surface area (Å²) in [5.41, 5.74) is 0.743. The molecule has 0 radical (unpaired) electrons. The summed E-state index contributed by atoms with van der Waals surface area (Å²) in [5.74, 6) is -0.387. The summed E-state index contributed by atoms with van der Waals surface area (Å²) in [5, 5.41) is -0.484. The minimum Gasteiger partial charge on any atom is -0.490 e. The zero-order chi connectivity index (χ0) is 20.1. The van der Waals surface area contributed by atoms with E-state index in [0.29, 0.717) is 5.75 Å². The Kier molecular flexibility index (Phi) is 7.49. The Hall–Kier alpha value is -1.80. The molecule has 1 saturated heterocycles. The zero-order valence-corrected chi connectivity index (χ0v) is 18.1. The van der Waals surface area contributed by atoms with Gasteiger partial charge in [0.2, 0.25) is 0 Å². The number of benzene rings is 1. The molecule has 27 heavy (non-hydrogen) atoms. The van der Waals surface area contributed by atoms with E-state index in [1.165, 1.54) is 6.92 Å². The van der Waals surface area contributed by atoms with E-state index in [4.69, 9.17) is 9.47 Å². The van der Waals surface area contributed by atoms with Crippen LogP contribution in [0.25, 0.3) is 6.08 Å². The van der Waals surface area contributed by atoms with Crippen LogP contribution in [0.4, 0.5) is 4.79 Å². The second-order valence-electron chi connectivity index (χ2n) is 6.01. The highest BCUT2D eigenvalue weighted by Crippen LogP contribution is 2.35. The van der Waals surface area contributed by atoms with E-state index in [0.717, 1.165) is 33.1 Å². The third-order valence-electron chi connectivity index (χ3n) is 4.00. The molecule has 1 heterocycles. The van der Waals surface area contributed by atoms with Crippen LogP contribution in [0.15, 0.2) is 27.6 Å². The number of nitrogens with zero attached hydrogens (tertiary/aromatic N) is 1. The number of hydrogen-bond acceptors (Lipinski definition) is 6. The van der Waals surface area contributed by atoms with Gasteiger partial charge in [-0.1, -0.05) is 13.0 Å². The Morgan fingerprint density at radius 3 is 2.59 bits per heavy atom. The Labute approximate surface area is 171 Å². The van der Waals surface area contributed by atoms with Crippen molar-refractivity contribution in [3.8, 4) is 5.75 Å². The number of ether oxygens (including phenoxy) is 2. The number of amides is 2. The van der Waals surface area contributed by atoms with Gasteiger partial charge in [-0.2, -0.15) is 0 Å². The van der Waals surface area contributed by atoms with Crippen LogP contribution in [0, 0.1) is 0 Å². The van der Waals surface area contributed by atoms with Gasteiger partial charge in [0, 0.05) is 0 Å². The maximum Gasteiger partial charge on any atom is 0.329 e. The molecule has 2 rings (SSSR count). The lowest BCUT2D eigenvalue weighted by molar-refractivity contribution is -0.150. The second-order valence-corrected chi connectivity index (χ2v) is 7.85. The third kappa shape index (κ3) is 5.13. The number of imide groups is 1. The fourth-order valence-electron chi connectivity index (χ4n) is 2.34. The van der Waals surface area contributed by atoms with Gasteiger partial charge in [-0.15, -0.1) is 0 Å². The molecule has 146 valence electrons. The second kappa shape index (κ2) is 9.41. The van der Waals surface area contributed by atoms with Crippen molar-refractivity contribution in [3.63, 3.8) is 0 Å². The fourth-order valence-corrected chi connectivity index (χ4v) is 3.73. The highest BCUT2D eigenvalue weighted by Gasteiger charge is 2.41. The maximum absolute atomic E-state index is 12.6. The lowest BCUT2D eigenvalue weighted by Crippen LogP contribution is -2.42. The molecule has 1 aliphatic rings. The molecular formula is C19H22BrNO5S. The van der Waals surface area contributed by atoms with Crippen LogP contribution in [0.3, 0.4) is 0 Å². The summed E-state index contributed by atoms with van der Waals surface area (Å²) < 4.78 is 11.5. The molecule has 0 spiro atoms. The molecule has 6 nitrogen and oxygen atoms in total. The first-order valence-corrected chi connectivity index (χ1v) is 10.3. The molecule has 0 saturated carbocycles. The minimum atomic E-state index is -0.957. The molecule has 1 fully saturated rings. The average molecular weight is 456 g/mol. The van der Waals surface area contributed by atoms with Crippen LogP contribution in [-0.2, 0) is 14.3 Å². The van der Waals surface area contributed by atoms with Gasteiger partial charge in [-0.3, -0.25) is 14.5 Å². The zero-order valence-electron chi connectivity index (χ0n) is 15.7. The predicted molar refractivity (Wildman–Crippen MR) is 108 cm³/mol. The van der Waals surface area contributed by atoms with Crippen LogP contribution >= 0.6 is 27.7 Å². The lowest BCUT2D eigenvalue weighted by atomic mass is 10.2. The van der Waals surface area contributed by atoms with Crippen molar-refractivity contribution in [2.45, 2.75) is 46.3 Å². The number of esters is 1. The number of carbonyl (C=O) groups is 3. The SMILES string of the molecule is CCOC(=O)[C@H](C)N1C(=O)S/C(=C/c2ccc(O[C@@H](C)CC)c(Br)c2)C1=O. The highest BCUT2D eigenvalue weighted by atomic mass is 79.9. The van der Waals surface area contributed by atoms with Gasteiger partial charge in [0.25, 0.3) is 11.1 Å². The van der Waals surface area contributed by atoms with Crippen LogP contribution in [0.5, 0.6) is 5.75 Å². The van der Waals surface area contributed by atoms with Gasteiger partial charge >= 0.3 is 5.97 Å². The van der Waals surface area contributed by atoms with E-state index in [1.807, 2.05) is 32.0 Å². The van der Waals surface area contributed by atoms with E-state index in [2.05, 4.69) is 15.9 Å². The molecule has 2 amide bonds. The normalized spacial score (nSPS) is 18.0. The highest BCUT2D eigenvalue weighted by molar-refractivity contribution is 9.10. The maximum atomic E-state index is 12.6. The van der Waals surface area contributed by atoms with Crippen molar-refractivity contribution in [1.29, 1.82) is 0 Å². The van der Waals surface area contributed by atoms with E-state index in [1.54, 1.807) is 13.0 Å².